The Morgan fingerprint density at radius 2 is 1.75 bits per heavy atom. The van der Waals surface area contributed by atoms with Gasteiger partial charge in [0.05, 0.1) is 0 Å². The van der Waals surface area contributed by atoms with Crippen LogP contribution in [0.2, 0.25) is 5.02 Å². The Morgan fingerprint density at radius 3 is 2.40 bits per heavy atom. The fourth-order valence-corrected chi connectivity index (χ4v) is 2.28. The maximum atomic E-state index is 6.11. The van der Waals surface area contributed by atoms with Gasteiger partial charge in [-0.15, -0.1) is 0 Å². The van der Waals surface area contributed by atoms with Gasteiger partial charge < -0.3 is 10.1 Å². The Labute approximate surface area is 125 Å². The second kappa shape index (κ2) is 6.78. The highest BCUT2D eigenvalue weighted by Crippen LogP contribution is 2.31. The molecule has 1 N–H and O–H groups in total. The van der Waals surface area contributed by atoms with Crippen molar-refractivity contribution in [3.05, 3.63) is 64.7 Å². The first-order valence-electron chi connectivity index (χ1n) is 6.80. The highest BCUT2D eigenvalue weighted by Gasteiger charge is 2.14. The van der Waals surface area contributed by atoms with Gasteiger partial charge in [-0.05, 0) is 44.7 Å². The Hall–Kier alpha value is -1.51. The maximum absolute atomic E-state index is 6.11. The summed E-state index contributed by atoms with van der Waals surface area (Å²) in [5.74, 6) is 0.868. The smallest absolute Gasteiger partial charge is 0.125 e. The Bertz CT molecular complexity index is 556. The zero-order valence-corrected chi connectivity index (χ0v) is 12.8. The van der Waals surface area contributed by atoms with Gasteiger partial charge in [0, 0.05) is 16.6 Å². The van der Waals surface area contributed by atoms with Gasteiger partial charge >= 0.3 is 0 Å². The van der Waals surface area contributed by atoms with Crippen molar-refractivity contribution in [2.75, 3.05) is 7.05 Å². The first-order chi connectivity index (χ1) is 9.61. The van der Waals surface area contributed by atoms with E-state index < -0.39 is 0 Å². The molecule has 2 aromatic rings. The van der Waals surface area contributed by atoms with Crippen LogP contribution in [0.1, 0.15) is 37.1 Å². The monoisotopic (exact) mass is 289 g/mol. The van der Waals surface area contributed by atoms with E-state index in [1.807, 2.05) is 43.4 Å². The molecule has 2 atom stereocenters. The van der Waals surface area contributed by atoms with E-state index in [4.69, 9.17) is 16.3 Å². The molecule has 20 heavy (non-hydrogen) atoms. The number of hydrogen-bond donors (Lipinski definition) is 1. The van der Waals surface area contributed by atoms with Crippen LogP contribution in [0.5, 0.6) is 5.75 Å². The van der Waals surface area contributed by atoms with E-state index in [2.05, 4.69) is 31.3 Å². The summed E-state index contributed by atoms with van der Waals surface area (Å²) in [6, 6.07) is 16.1. The van der Waals surface area contributed by atoms with Crippen molar-refractivity contribution in [2.45, 2.75) is 26.0 Å². The van der Waals surface area contributed by atoms with Gasteiger partial charge in [0.2, 0.25) is 0 Å². The molecule has 0 aliphatic heterocycles. The third kappa shape index (κ3) is 3.53. The molecule has 2 unspecified atom stereocenters. The predicted octanol–water partition coefficient (Wildman–Crippen LogP) is 4.76. The van der Waals surface area contributed by atoms with E-state index in [0.717, 1.165) is 21.9 Å². The SMILES string of the molecule is CNC(C)c1cc(Cl)ccc1OC(C)c1ccccc1. The number of benzene rings is 2. The van der Waals surface area contributed by atoms with Crippen LogP contribution in [0.3, 0.4) is 0 Å². The predicted molar refractivity (Wildman–Crippen MR) is 84.4 cm³/mol. The molecule has 0 aromatic heterocycles. The molecule has 0 aliphatic rings. The van der Waals surface area contributed by atoms with Gasteiger partial charge in [-0.25, -0.2) is 0 Å². The van der Waals surface area contributed by atoms with Gasteiger partial charge in [0.25, 0.3) is 0 Å². The van der Waals surface area contributed by atoms with E-state index in [1.165, 1.54) is 0 Å². The summed E-state index contributed by atoms with van der Waals surface area (Å²) in [5.41, 5.74) is 2.23. The Balaban J connectivity index is 2.25. The number of rotatable bonds is 5. The topological polar surface area (TPSA) is 21.3 Å². The van der Waals surface area contributed by atoms with Crippen LogP contribution in [0.4, 0.5) is 0 Å². The van der Waals surface area contributed by atoms with Crippen LogP contribution in [-0.2, 0) is 0 Å². The average molecular weight is 290 g/mol. The molecule has 0 aliphatic carbocycles. The molecule has 0 bridgehead atoms. The van der Waals surface area contributed by atoms with Crippen molar-refractivity contribution >= 4 is 11.6 Å². The lowest BCUT2D eigenvalue weighted by Gasteiger charge is -2.21. The van der Waals surface area contributed by atoms with Crippen molar-refractivity contribution in [3.63, 3.8) is 0 Å². The molecular formula is C17H20ClNO. The second-order valence-corrected chi connectivity index (χ2v) is 5.30. The Kier molecular flexibility index (Phi) is 5.05. The molecule has 2 nitrogen and oxygen atoms in total. The molecule has 0 spiro atoms. The molecular weight excluding hydrogens is 270 g/mol. The third-order valence-corrected chi connectivity index (χ3v) is 3.68. The summed E-state index contributed by atoms with van der Waals surface area (Å²) in [6.45, 7) is 4.14. The molecule has 3 heteroatoms. The summed E-state index contributed by atoms with van der Waals surface area (Å²) in [7, 11) is 1.93. The number of halogens is 1. The van der Waals surface area contributed by atoms with Gasteiger partial charge in [-0.2, -0.15) is 0 Å². The fraction of sp³-hybridized carbons (Fsp3) is 0.294. The van der Waals surface area contributed by atoms with Crippen molar-refractivity contribution < 1.29 is 4.74 Å². The maximum Gasteiger partial charge on any atom is 0.125 e. The molecule has 0 radical (unpaired) electrons. The molecule has 0 amide bonds. The van der Waals surface area contributed by atoms with Gasteiger partial charge in [0.1, 0.15) is 11.9 Å². The number of hydrogen-bond acceptors (Lipinski definition) is 2. The van der Waals surface area contributed by atoms with Crippen molar-refractivity contribution in [2.24, 2.45) is 0 Å². The Morgan fingerprint density at radius 1 is 1.05 bits per heavy atom. The van der Waals surface area contributed by atoms with E-state index >= 15 is 0 Å². The van der Waals surface area contributed by atoms with Crippen LogP contribution in [0.25, 0.3) is 0 Å². The van der Waals surface area contributed by atoms with E-state index in [-0.39, 0.29) is 12.1 Å². The van der Waals surface area contributed by atoms with Crippen molar-refractivity contribution in [3.8, 4) is 5.75 Å². The van der Waals surface area contributed by atoms with Crippen LogP contribution in [-0.4, -0.2) is 7.05 Å². The van der Waals surface area contributed by atoms with Crippen LogP contribution < -0.4 is 10.1 Å². The van der Waals surface area contributed by atoms with Crippen LogP contribution in [0, 0.1) is 0 Å². The van der Waals surface area contributed by atoms with Crippen molar-refractivity contribution in [1.82, 2.24) is 5.32 Å². The van der Waals surface area contributed by atoms with Gasteiger partial charge in [-0.3, -0.25) is 0 Å². The summed E-state index contributed by atoms with van der Waals surface area (Å²) < 4.78 is 6.11. The fourth-order valence-electron chi connectivity index (χ4n) is 2.10. The highest BCUT2D eigenvalue weighted by atomic mass is 35.5. The number of ether oxygens (including phenoxy) is 1. The highest BCUT2D eigenvalue weighted by molar-refractivity contribution is 6.30. The first-order valence-corrected chi connectivity index (χ1v) is 7.18. The normalized spacial score (nSPS) is 13.8. The molecule has 0 saturated carbocycles. The first kappa shape index (κ1) is 14.9. The van der Waals surface area contributed by atoms with Gasteiger partial charge in [-0.1, -0.05) is 41.9 Å². The molecule has 2 aromatic carbocycles. The van der Waals surface area contributed by atoms with E-state index in [1.54, 1.807) is 0 Å². The lowest BCUT2D eigenvalue weighted by atomic mass is 10.1. The lowest BCUT2D eigenvalue weighted by Crippen LogP contribution is -2.14. The zero-order chi connectivity index (χ0) is 14.5. The summed E-state index contributed by atoms with van der Waals surface area (Å²) >= 11 is 6.09. The quantitative estimate of drug-likeness (QED) is 0.857. The van der Waals surface area contributed by atoms with Gasteiger partial charge in [0.15, 0.2) is 0 Å². The van der Waals surface area contributed by atoms with Crippen LogP contribution in [0.15, 0.2) is 48.5 Å². The number of nitrogens with one attached hydrogen (secondary N) is 1. The van der Waals surface area contributed by atoms with E-state index in [9.17, 15) is 0 Å². The minimum absolute atomic E-state index is 0.000168. The largest absolute Gasteiger partial charge is 0.486 e. The molecule has 0 fully saturated rings. The molecule has 0 saturated heterocycles. The average Bonchev–Trinajstić information content (AvgIpc) is 2.49. The lowest BCUT2D eigenvalue weighted by molar-refractivity contribution is 0.223. The van der Waals surface area contributed by atoms with Crippen molar-refractivity contribution in [1.29, 1.82) is 0 Å². The standard InChI is InChI=1S/C17H20ClNO/c1-12(19-3)16-11-15(18)9-10-17(16)20-13(2)14-7-5-4-6-8-14/h4-13,19H,1-3H3. The molecule has 0 heterocycles. The third-order valence-electron chi connectivity index (χ3n) is 3.44. The molecule has 106 valence electrons. The molecule has 2 rings (SSSR count). The minimum atomic E-state index is 0.000168. The second-order valence-electron chi connectivity index (χ2n) is 4.86. The summed E-state index contributed by atoms with van der Waals surface area (Å²) in [4.78, 5) is 0. The van der Waals surface area contributed by atoms with E-state index in [0.29, 0.717) is 0 Å². The minimum Gasteiger partial charge on any atom is -0.486 e. The van der Waals surface area contributed by atoms with Crippen LogP contribution >= 0.6 is 11.6 Å². The summed E-state index contributed by atoms with van der Waals surface area (Å²) in [5, 5.41) is 3.95. The summed E-state index contributed by atoms with van der Waals surface area (Å²) in [6.07, 6.45) is 0.000168. The zero-order valence-electron chi connectivity index (χ0n) is 12.1.